The Morgan fingerprint density at radius 1 is 1.42 bits per heavy atom. The van der Waals surface area contributed by atoms with Crippen LogP contribution in [-0.2, 0) is 10.9 Å². The molecule has 2 rings (SSSR count). The lowest BCUT2D eigenvalue weighted by atomic mass is 9.93. The van der Waals surface area contributed by atoms with Crippen LogP contribution in [0, 0.1) is 0 Å². The molecule has 4 nitrogen and oxygen atoms in total. The maximum atomic E-state index is 12.5. The highest BCUT2D eigenvalue weighted by molar-refractivity contribution is 5.16. The van der Waals surface area contributed by atoms with Gasteiger partial charge in [-0.15, -0.1) is 0 Å². The Labute approximate surface area is 109 Å². The fourth-order valence-corrected chi connectivity index (χ4v) is 2.38. The molecular formula is C12H18F3N3O. The van der Waals surface area contributed by atoms with Gasteiger partial charge in [0, 0.05) is 25.3 Å². The van der Waals surface area contributed by atoms with Gasteiger partial charge in [-0.3, -0.25) is 5.10 Å². The highest BCUT2D eigenvalue weighted by atomic mass is 19.4. The van der Waals surface area contributed by atoms with Crippen molar-refractivity contribution < 1.29 is 17.9 Å². The summed E-state index contributed by atoms with van der Waals surface area (Å²) >= 11 is 0. The van der Waals surface area contributed by atoms with E-state index >= 15 is 0 Å². The van der Waals surface area contributed by atoms with Gasteiger partial charge in [-0.2, -0.15) is 18.3 Å². The molecule has 1 aliphatic heterocycles. The summed E-state index contributed by atoms with van der Waals surface area (Å²) in [6.07, 6.45) is -2.67. The van der Waals surface area contributed by atoms with Gasteiger partial charge < -0.3 is 9.64 Å². The van der Waals surface area contributed by atoms with Crippen molar-refractivity contribution in [1.29, 1.82) is 0 Å². The Bertz CT molecular complexity index is 397. The van der Waals surface area contributed by atoms with Crippen LogP contribution in [0.3, 0.4) is 0 Å². The molecule has 7 heteroatoms. The average Bonchev–Trinajstić information content (AvgIpc) is 2.86. The second kappa shape index (κ2) is 5.92. The first-order valence-corrected chi connectivity index (χ1v) is 6.34. The molecule has 0 saturated carbocycles. The van der Waals surface area contributed by atoms with Gasteiger partial charge in [-0.1, -0.05) is 0 Å². The Hall–Kier alpha value is -1.08. The quantitative estimate of drug-likeness (QED) is 0.917. The Balaban J connectivity index is 1.89. The molecule has 1 aromatic rings. The minimum Gasteiger partial charge on any atom is -0.383 e. The summed E-state index contributed by atoms with van der Waals surface area (Å²) in [4.78, 5) is 2.26. The summed E-state index contributed by atoms with van der Waals surface area (Å²) < 4.78 is 42.4. The number of hydrogen-bond acceptors (Lipinski definition) is 3. The van der Waals surface area contributed by atoms with Crippen LogP contribution >= 0.6 is 0 Å². The molecule has 1 N–H and O–H groups in total. The molecule has 1 aliphatic rings. The zero-order chi connectivity index (χ0) is 13.9. The Morgan fingerprint density at radius 2 is 2.11 bits per heavy atom. The minimum atomic E-state index is -4.37. The summed E-state index contributed by atoms with van der Waals surface area (Å²) in [5.74, 6) is 0.141. The third kappa shape index (κ3) is 3.70. The standard InChI is InChI=1S/C12H18F3N3O/c1-19-7-6-18-4-2-9(3-5-18)10-8-11(17-16-10)12(13,14)15/h8-9H,2-7H2,1H3,(H,16,17). The first-order valence-electron chi connectivity index (χ1n) is 6.34. The number of alkyl halides is 3. The molecule has 2 heterocycles. The molecule has 0 atom stereocenters. The number of aromatic amines is 1. The zero-order valence-corrected chi connectivity index (χ0v) is 10.8. The van der Waals surface area contributed by atoms with Crippen LogP contribution in [-0.4, -0.2) is 48.4 Å². The molecular weight excluding hydrogens is 259 g/mol. The first-order chi connectivity index (χ1) is 9.00. The number of nitrogens with one attached hydrogen (secondary N) is 1. The first kappa shape index (κ1) is 14.3. The van der Waals surface area contributed by atoms with E-state index in [0.29, 0.717) is 12.3 Å². The highest BCUT2D eigenvalue weighted by Gasteiger charge is 2.35. The number of hydrogen-bond donors (Lipinski definition) is 1. The second-order valence-electron chi connectivity index (χ2n) is 4.81. The third-order valence-corrected chi connectivity index (χ3v) is 3.53. The predicted octanol–water partition coefficient (Wildman–Crippen LogP) is 2.25. The number of rotatable bonds is 4. The lowest BCUT2D eigenvalue weighted by Gasteiger charge is -2.31. The molecule has 1 aromatic heterocycles. The van der Waals surface area contributed by atoms with Crippen LogP contribution < -0.4 is 0 Å². The van der Waals surface area contributed by atoms with Gasteiger partial charge in [0.15, 0.2) is 5.69 Å². The number of H-pyrrole nitrogens is 1. The Kier molecular flexibility index (Phi) is 4.46. The predicted molar refractivity (Wildman–Crippen MR) is 63.9 cm³/mol. The summed E-state index contributed by atoms with van der Waals surface area (Å²) in [7, 11) is 1.66. The van der Waals surface area contributed by atoms with E-state index in [1.165, 1.54) is 0 Å². The van der Waals surface area contributed by atoms with Crippen LogP contribution in [0.15, 0.2) is 6.07 Å². The van der Waals surface area contributed by atoms with Crippen LogP contribution in [0.25, 0.3) is 0 Å². The van der Waals surface area contributed by atoms with Crippen molar-refractivity contribution in [2.24, 2.45) is 0 Å². The van der Waals surface area contributed by atoms with Crippen molar-refractivity contribution in [2.45, 2.75) is 24.9 Å². The van der Waals surface area contributed by atoms with Gasteiger partial charge in [0.2, 0.25) is 0 Å². The van der Waals surface area contributed by atoms with Gasteiger partial charge in [-0.05, 0) is 32.0 Å². The molecule has 0 bridgehead atoms. The zero-order valence-electron chi connectivity index (χ0n) is 10.8. The SMILES string of the molecule is COCCN1CCC(c2cc(C(F)(F)F)n[nH]2)CC1. The maximum Gasteiger partial charge on any atom is 0.435 e. The normalized spacial score (nSPS) is 18.9. The number of nitrogens with zero attached hydrogens (tertiary/aromatic N) is 2. The third-order valence-electron chi connectivity index (χ3n) is 3.53. The summed E-state index contributed by atoms with van der Waals surface area (Å²) in [5, 5.41) is 5.87. The van der Waals surface area contributed by atoms with Gasteiger partial charge in [0.25, 0.3) is 0 Å². The topological polar surface area (TPSA) is 41.1 Å². The summed E-state index contributed by atoms with van der Waals surface area (Å²) in [5.41, 5.74) is -0.233. The molecule has 0 aromatic carbocycles. The minimum absolute atomic E-state index is 0.141. The monoisotopic (exact) mass is 277 g/mol. The molecule has 0 spiro atoms. The number of aromatic nitrogens is 2. The van der Waals surface area contributed by atoms with Crippen LogP contribution in [0.5, 0.6) is 0 Å². The van der Waals surface area contributed by atoms with E-state index in [2.05, 4.69) is 15.1 Å². The molecule has 19 heavy (non-hydrogen) atoms. The van der Waals surface area contributed by atoms with E-state index < -0.39 is 11.9 Å². The largest absolute Gasteiger partial charge is 0.435 e. The van der Waals surface area contributed by atoms with Crippen molar-refractivity contribution >= 4 is 0 Å². The van der Waals surface area contributed by atoms with Crippen molar-refractivity contribution in [3.63, 3.8) is 0 Å². The maximum absolute atomic E-state index is 12.5. The van der Waals surface area contributed by atoms with E-state index in [-0.39, 0.29) is 5.92 Å². The van der Waals surface area contributed by atoms with E-state index in [4.69, 9.17) is 4.74 Å². The van der Waals surface area contributed by atoms with E-state index in [1.54, 1.807) is 7.11 Å². The Morgan fingerprint density at radius 3 is 2.63 bits per heavy atom. The number of piperidine rings is 1. The lowest BCUT2D eigenvalue weighted by molar-refractivity contribution is -0.141. The summed E-state index contributed by atoms with van der Waals surface area (Å²) in [6, 6.07) is 1.13. The molecule has 108 valence electrons. The summed E-state index contributed by atoms with van der Waals surface area (Å²) in [6.45, 7) is 3.33. The van der Waals surface area contributed by atoms with Gasteiger partial charge in [-0.25, -0.2) is 0 Å². The van der Waals surface area contributed by atoms with Crippen LogP contribution in [0.2, 0.25) is 0 Å². The highest BCUT2D eigenvalue weighted by Crippen LogP contribution is 2.32. The number of likely N-dealkylation sites (tertiary alicyclic amines) is 1. The molecule has 0 amide bonds. The van der Waals surface area contributed by atoms with Crippen LogP contribution in [0.4, 0.5) is 13.2 Å². The smallest absolute Gasteiger partial charge is 0.383 e. The fraction of sp³-hybridized carbons (Fsp3) is 0.750. The number of methoxy groups -OCH3 is 1. The number of halogens is 3. The second-order valence-corrected chi connectivity index (χ2v) is 4.81. The number of ether oxygens (including phenoxy) is 1. The van der Waals surface area contributed by atoms with E-state index in [1.807, 2.05) is 0 Å². The van der Waals surface area contributed by atoms with Crippen molar-refractivity contribution in [3.8, 4) is 0 Å². The molecule has 0 unspecified atom stereocenters. The van der Waals surface area contributed by atoms with E-state index in [0.717, 1.165) is 38.5 Å². The van der Waals surface area contributed by atoms with Gasteiger partial charge in [0.05, 0.1) is 6.61 Å². The molecule has 0 radical (unpaired) electrons. The van der Waals surface area contributed by atoms with E-state index in [9.17, 15) is 13.2 Å². The molecule has 1 saturated heterocycles. The van der Waals surface area contributed by atoms with Crippen LogP contribution in [0.1, 0.15) is 30.1 Å². The lowest BCUT2D eigenvalue weighted by Crippen LogP contribution is -2.35. The molecule has 1 fully saturated rings. The van der Waals surface area contributed by atoms with Crippen molar-refractivity contribution in [2.75, 3.05) is 33.4 Å². The average molecular weight is 277 g/mol. The fourth-order valence-electron chi connectivity index (χ4n) is 2.38. The molecule has 0 aliphatic carbocycles. The van der Waals surface area contributed by atoms with Crippen molar-refractivity contribution in [3.05, 3.63) is 17.5 Å². The van der Waals surface area contributed by atoms with Gasteiger partial charge in [0.1, 0.15) is 0 Å². The van der Waals surface area contributed by atoms with Crippen molar-refractivity contribution in [1.82, 2.24) is 15.1 Å². The van der Waals surface area contributed by atoms with Gasteiger partial charge >= 0.3 is 6.18 Å².